The highest BCUT2D eigenvalue weighted by Crippen LogP contribution is 2.09. The second-order valence-electron chi connectivity index (χ2n) is 2.59. The highest BCUT2D eigenvalue weighted by molar-refractivity contribution is 5.35. The topological polar surface area (TPSA) is 23.3 Å². The number of isocyanates is 1. The van der Waals surface area contributed by atoms with Crippen LogP contribution in [0.4, 0.5) is 5.69 Å². The van der Waals surface area contributed by atoms with Crippen LogP contribution in [0.1, 0.15) is 0 Å². The van der Waals surface area contributed by atoms with Crippen molar-refractivity contribution in [2.45, 2.75) is 0 Å². The number of nitrogens with zero attached hydrogens (tertiary/aromatic N) is 2. The van der Waals surface area contributed by atoms with Gasteiger partial charge in [-0.25, -0.2) is 0 Å². The van der Waals surface area contributed by atoms with E-state index in [9.17, 15) is 4.79 Å². The number of hydrogen-bond donors (Lipinski definition) is 0. The first-order valence-electron chi connectivity index (χ1n) is 3.66. The first-order chi connectivity index (χ1) is 5.75. The van der Waals surface area contributed by atoms with Crippen molar-refractivity contribution in [3.05, 3.63) is 30.3 Å². The number of carbonyl (C=O) groups excluding carboxylic acids is 1. The van der Waals surface area contributed by atoms with Gasteiger partial charge >= 0.3 is 6.08 Å². The van der Waals surface area contributed by atoms with Gasteiger partial charge < -0.3 is 0 Å². The molecule has 3 nitrogen and oxygen atoms in total. The number of hydrazone groups is 1. The maximum Gasteiger partial charge on any atom is 0.462 e. The van der Waals surface area contributed by atoms with Gasteiger partial charge in [-0.3, -0.25) is 0 Å². The van der Waals surface area contributed by atoms with E-state index < -0.39 is 0 Å². The fourth-order valence-corrected chi connectivity index (χ4v) is 0.934. The van der Waals surface area contributed by atoms with Crippen molar-refractivity contribution in [3.63, 3.8) is 0 Å². The first-order valence-corrected chi connectivity index (χ1v) is 3.66. The van der Waals surface area contributed by atoms with E-state index in [2.05, 4.69) is 0 Å². The molecule has 12 heavy (non-hydrogen) atoms. The van der Waals surface area contributed by atoms with Crippen molar-refractivity contribution < 1.29 is 9.48 Å². The van der Waals surface area contributed by atoms with E-state index in [4.69, 9.17) is 0 Å². The number of hydrogen-bond acceptors (Lipinski definition) is 2. The zero-order valence-corrected chi connectivity index (χ0v) is 7.19. The molecule has 0 radical (unpaired) electrons. The van der Waals surface area contributed by atoms with Gasteiger partial charge in [0.1, 0.15) is 0 Å². The van der Waals surface area contributed by atoms with E-state index in [0.717, 1.165) is 5.69 Å². The summed E-state index contributed by atoms with van der Waals surface area (Å²) in [5.74, 6) is 0. The lowest BCUT2D eigenvalue weighted by molar-refractivity contribution is -0.606. The molecule has 3 heteroatoms. The normalized spacial score (nSPS) is 8.83. The quantitative estimate of drug-likeness (QED) is 0.282. The lowest BCUT2D eigenvalue weighted by atomic mass is 10.3. The first kappa shape index (κ1) is 8.50. The highest BCUT2D eigenvalue weighted by Gasteiger charge is 2.10. The van der Waals surface area contributed by atoms with Gasteiger partial charge in [0.25, 0.3) is 0 Å². The van der Waals surface area contributed by atoms with Crippen LogP contribution in [0.3, 0.4) is 0 Å². The predicted octanol–water partition coefficient (Wildman–Crippen LogP) is 1.14. The van der Waals surface area contributed by atoms with Gasteiger partial charge in [0.2, 0.25) is 5.69 Å². The lowest BCUT2D eigenvalue weighted by Crippen LogP contribution is -2.22. The molecule has 1 aromatic carbocycles. The zero-order valence-electron chi connectivity index (χ0n) is 7.19. The van der Waals surface area contributed by atoms with Crippen molar-refractivity contribution >= 4 is 11.8 Å². The summed E-state index contributed by atoms with van der Waals surface area (Å²) in [5.41, 5.74) is 0.817. The van der Waals surface area contributed by atoms with Gasteiger partial charge in [-0.15, -0.1) is 0 Å². The maximum atomic E-state index is 10.5. The lowest BCUT2D eigenvalue weighted by Gasteiger charge is -2.03. The van der Waals surface area contributed by atoms with E-state index in [1.54, 1.807) is 19.1 Å². The Hall–Kier alpha value is -1.60. The molecule has 0 aliphatic carbocycles. The van der Waals surface area contributed by atoms with Crippen molar-refractivity contribution in [1.82, 2.24) is 5.01 Å². The van der Waals surface area contributed by atoms with E-state index in [-0.39, 0.29) is 0 Å². The highest BCUT2D eigenvalue weighted by atomic mass is 16.1. The molecule has 0 atom stereocenters. The molecule has 0 aliphatic rings. The summed E-state index contributed by atoms with van der Waals surface area (Å²) in [6.07, 6.45) is 1.83. The Labute approximate surface area is 71.5 Å². The average molecular weight is 163 g/mol. The summed E-state index contributed by atoms with van der Waals surface area (Å²) in [5, 5.41) is 1.67. The molecule has 62 valence electrons. The monoisotopic (exact) mass is 163 g/mol. The molecule has 0 amide bonds. The second kappa shape index (κ2) is 3.69. The summed E-state index contributed by atoms with van der Waals surface area (Å²) < 4.78 is 1.40. The van der Waals surface area contributed by atoms with Crippen LogP contribution in [-0.2, 0) is 4.79 Å². The minimum Gasteiger partial charge on any atom is -0.175 e. The summed E-state index contributed by atoms with van der Waals surface area (Å²) in [6, 6.07) is 9.37. The summed E-state index contributed by atoms with van der Waals surface area (Å²) in [7, 11) is 3.58. The summed E-state index contributed by atoms with van der Waals surface area (Å²) in [6.45, 7) is 0. The van der Waals surface area contributed by atoms with Gasteiger partial charge in [0, 0.05) is 16.8 Å². The second-order valence-corrected chi connectivity index (χ2v) is 2.59. The average Bonchev–Trinajstić information content (AvgIpc) is 2.07. The Morgan fingerprint density at radius 2 is 1.83 bits per heavy atom. The largest absolute Gasteiger partial charge is 0.462 e. The Morgan fingerprint density at radius 1 is 1.25 bits per heavy atom. The van der Waals surface area contributed by atoms with Crippen LogP contribution in [0.5, 0.6) is 0 Å². The SMILES string of the molecule is CN(C)[N+](=C=O)c1ccccc1. The predicted molar refractivity (Wildman–Crippen MR) is 45.7 cm³/mol. The van der Waals surface area contributed by atoms with Crippen molar-refractivity contribution in [2.75, 3.05) is 14.1 Å². The summed E-state index contributed by atoms with van der Waals surface area (Å²) >= 11 is 0. The third kappa shape index (κ3) is 1.71. The van der Waals surface area contributed by atoms with Crippen molar-refractivity contribution in [3.8, 4) is 0 Å². The fraction of sp³-hybridized carbons (Fsp3) is 0.222. The third-order valence-electron chi connectivity index (χ3n) is 1.49. The Kier molecular flexibility index (Phi) is 2.62. The minimum atomic E-state index is 0.817. The van der Waals surface area contributed by atoms with Gasteiger partial charge in [-0.05, 0) is 0 Å². The molecule has 0 saturated heterocycles. The van der Waals surface area contributed by atoms with E-state index >= 15 is 0 Å². The molecular weight excluding hydrogens is 152 g/mol. The van der Waals surface area contributed by atoms with Gasteiger partial charge in [0.15, 0.2) is 0 Å². The van der Waals surface area contributed by atoms with Crippen LogP contribution < -0.4 is 0 Å². The van der Waals surface area contributed by atoms with Crippen molar-refractivity contribution in [1.29, 1.82) is 0 Å². The molecule has 0 heterocycles. The van der Waals surface area contributed by atoms with Crippen molar-refractivity contribution in [2.24, 2.45) is 0 Å². The van der Waals surface area contributed by atoms with E-state index in [1.165, 1.54) is 4.68 Å². The standard InChI is InChI=1S/C9H11N2O/c1-10(2)11(8-12)9-6-4-3-5-7-9/h3-7H,1-2H3/q+1. The number of para-hydroxylation sites is 1. The van der Waals surface area contributed by atoms with Crippen LogP contribution in [-0.4, -0.2) is 29.9 Å². The molecule has 1 rings (SSSR count). The minimum absolute atomic E-state index is 0.817. The summed E-state index contributed by atoms with van der Waals surface area (Å²) in [4.78, 5) is 10.5. The molecular formula is C9H11N2O+. The molecule has 0 unspecified atom stereocenters. The number of benzene rings is 1. The fourth-order valence-electron chi connectivity index (χ4n) is 0.934. The van der Waals surface area contributed by atoms with Crippen LogP contribution in [0, 0.1) is 0 Å². The molecule has 0 fully saturated rings. The smallest absolute Gasteiger partial charge is 0.175 e. The molecule has 1 aromatic rings. The molecule has 0 bridgehead atoms. The molecule has 0 saturated carbocycles. The van der Waals surface area contributed by atoms with Crippen LogP contribution >= 0.6 is 0 Å². The van der Waals surface area contributed by atoms with E-state index in [0.29, 0.717) is 0 Å². The Bertz CT molecular complexity index is 300. The van der Waals surface area contributed by atoms with Crippen LogP contribution in [0.15, 0.2) is 30.3 Å². The molecule has 0 aromatic heterocycles. The van der Waals surface area contributed by atoms with Gasteiger partial charge in [-0.1, -0.05) is 18.2 Å². The van der Waals surface area contributed by atoms with E-state index in [1.807, 2.05) is 36.4 Å². The molecule has 0 aliphatic heterocycles. The van der Waals surface area contributed by atoms with Gasteiger partial charge in [-0.2, -0.15) is 9.80 Å². The Balaban J connectivity index is 3.06. The number of rotatable bonds is 2. The molecule has 0 spiro atoms. The van der Waals surface area contributed by atoms with Crippen LogP contribution in [0.25, 0.3) is 0 Å². The third-order valence-corrected chi connectivity index (χ3v) is 1.49. The number of hydrazine groups is 1. The van der Waals surface area contributed by atoms with Gasteiger partial charge in [0.05, 0.1) is 14.1 Å². The Morgan fingerprint density at radius 3 is 2.25 bits per heavy atom. The zero-order chi connectivity index (χ0) is 8.97. The molecule has 0 N–H and O–H groups in total. The maximum absolute atomic E-state index is 10.5. The van der Waals surface area contributed by atoms with Crippen LogP contribution in [0.2, 0.25) is 0 Å².